The Hall–Kier alpha value is -2.51. The van der Waals surface area contributed by atoms with Crippen LogP contribution in [0.25, 0.3) is 0 Å². The number of anilines is 1. The van der Waals surface area contributed by atoms with Crippen LogP contribution in [0, 0.1) is 0 Å². The molecular weight excluding hydrogens is 386 g/mol. The Balaban J connectivity index is 2.07. The van der Waals surface area contributed by atoms with Crippen molar-refractivity contribution in [3.63, 3.8) is 0 Å². The summed E-state index contributed by atoms with van der Waals surface area (Å²) in [5.41, 5.74) is 2.13. The van der Waals surface area contributed by atoms with Gasteiger partial charge in [-0.25, -0.2) is 8.42 Å². The highest BCUT2D eigenvalue weighted by molar-refractivity contribution is 8.13. The molecule has 0 aliphatic heterocycles. The number of methoxy groups -OCH3 is 1. The molecule has 0 aliphatic carbocycles. The van der Waals surface area contributed by atoms with E-state index in [0.29, 0.717) is 18.9 Å². The fraction of sp³-hybridized carbons (Fsp3) is 0.211. The molecular formula is C19H20ClN3O3S. The topological polar surface area (TPSA) is 64.4 Å². The minimum absolute atomic E-state index is 0.138. The molecule has 0 spiro atoms. The summed E-state index contributed by atoms with van der Waals surface area (Å²) in [4.78, 5) is 1.97. The van der Waals surface area contributed by atoms with Crippen LogP contribution in [0.2, 0.25) is 0 Å². The molecule has 142 valence electrons. The molecule has 2 aromatic carbocycles. The number of nitrogens with zero attached hydrogens (tertiary/aromatic N) is 3. The van der Waals surface area contributed by atoms with Crippen molar-refractivity contribution in [3.05, 3.63) is 71.8 Å². The van der Waals surface area contributed by atoms with Crippen molar-refractivity contribution in [1.82, 2.24) is 9.78 Å². The van der Waals surface area contributed by atoms with Gasteiger partial charge in [-0.1, -0.05) is 60.7 Å². The van der Waals surface area contributed by atoms with E-state index in [-0.39, 0.29) is 10.8 Å². The molecule has 0 N–H and O–H groups in total. The van der Waals surface area contributed by atoms with Crippen molar-refractivity contribution in [2.75, 3.05) is 12.0 Å². The van der Waals surface area contributed by atoms with Crippen molar-refractivity contribution in [3.8, 4) is 5.75 Å². The van der Waals surface area contributed by atoms with Crippen molar-refractivity contribution < 1.29 is 13.2 Å². The summed E-state index contributed by atoms with van der Waals surface area (Å²) in [7, 11) is 4.53. The molecule has 3 rings (SSSR count). The van der Waals surface area contributed by atoms with Gasteiger partial charge in [-0.05, 0) is 11.1 Å². The van der Waals surface area contributed by atoms with Gasteiger partial charge in [0.25, 0.3) is 9.05 Å². The summed E-state index contributed by atoms with van der Waals surface area (Å²) in [5.74, 6) is 0.561. The Bertz CT molecular complexity index is 964. The smallest absolute Gasteiger partial charge is 0.282 e. The number of hydrogen-bond acceptors (Lipinski definition) is 5. The van der Waals surface area contributed by atoms with Crippen molar-refractivity contribution >= 4 is 25.6 Å². The zero-order valence-electron chi connectivity index (χ0n) is 15.0. The van der Waals surface area contributed by atoms with Gasteiger partial charge < -0.3 is 9.64 Å². The molecule has 0 amide bonds. The van der Waals surface area contributed by atoms with E-state index >= 15 is 0 Å². The number of hydrogen-bond donors (Lipinski definition) is 0. The number of aromatic nitrogens is 2. The molecule has 0 atom stereocenters. The van der Waals surface area contributed by atoms with E-state index in [1.54, 1.807) is 0 Å². The molecule has 0 aliphatic rings. The maximum Gasteiger partial charge on any atom is 0.282 e. The predicted octanol–water partition coefficient (Wildman–Crippen LogP) is 3.56. The van der Waals surface area contributed by atoms with Gasteiger partial charge in [0.2, 0.25) is 10.8 Å². The van der Waals surface area contributed by atoms with Crippen molar-refractivity contribution in [2.45, 2.75) is 18.1 Å². The van der Waals surface area contributed by atoms with Crippen molar-refractivity contribution in [1.29, 1.82) is 0 Å². The summed E-state index contributed by atoms with van der Waals surface area (Å²) in [5, 5.41) is 4.24. The molecule has 0 unspecified atom stereocenters. The number of benzene rings is 2. The van der Waals surface area contributed by atoms with Gasteiger partial charge in [0.05, 0.1) is 7.11 Å². The summed E-state index contributed by atoms with van der Waals surface area (Å²) in [6.45, 7) is 1.07. The van der Waals surface area contributed by atoms with Gasteiger partial charge in [-0.3, -0.25) is 4.68 Å². The fourth-order valence-corrected chi connectivity index (χ4v) is 4.21. The second kappa shape index (κ2) is 8.02. The summed E-state index contributed by atoms with van der Waals surface area (Å²) >= 11 is 0. The van der Waals surface area contributed by atoms with Crippen LogP contribution in [0.3, 0.4) is 0 Å². The standard InChI is InChI=1S/C19H20ClN3O3S/c1-22-19(27(20,24)25)17(26-2)18(21-22)23(13-15-9-5-3-6-10-15)14-16-11-7-4-8-12-16/h3-12H,13-14H2,1-2H3. The summed E-state index contributed by atoms with van der Waals surface area (Å²) < 4.78 is 30.6. The van der Waals surface area contributed by atoms with E-state index < -0.39 is 9.05 Å². The van der Waals surface area contributed by atoms with Crippen LogP contribution >= 0.6 is 10.7 Å². The zero-order valence-corrected chi connectivity index (χ0v) is 16.6. The van der Waals surface area contributed by atoms with E-state index in [2.05, 4.69) is 5.10 Å². The molecule has 0 saturated heterocycles. The largest absolute Gasteiger partial charge is 0.490 e. The minimum atomic E-state index is -4.01. The molecule has 8 heteroatoms. The highest BCUT2D eigenvalue weighted by atomic mass is 35.7. The van der Waals surface area contributed by atoms with E-state index in [9.17, 15) is 8.42 Å². The Kier molecular flexibility index (Phi) is 5.72. The second-order valence-electron chi connectivity index (χ2n) is 6.05. The lowest BCUT2D eigenvalue weighted by molar-refractivity contribution is 0.399. The molecule has 1 aromatic heterocycles. The normalized spacial score (nSPS) is 11.4. The number of rotatable bonds is 7. The first-order chi connectivity index (χ1) is 12.9. The van der Waals surface area contributed by atoms with Gasteiger partial charge in [-0.15, -0.1) is 5.10 Å². The van der Waals surface area contributed by atoms with Gasteiger partial charge in [0.15, 0.2) is 5.82 Å². The Morgan fingerprint density at radius 3 is 1.89 bits per heavy atom. The van der Waals surface area contributed by atoms with Gasteiger partial charge in [0, 0.05) is 30.8 Å². The number of aryl methyl sites for hydroxylation is 1. The average molecular weight is 406 g/mol. The van der Waals surface area contributed by atoms with E-state index in [1.807, 2.05) is 65.6 Å². The number of halogens is 1. The first kappa shape index (κ1) is 19.3. The average Bonchev–Trinajstić information content (AvgIpc) is 2.99. The molecule has 1 heterocycles. The van der Waals surface area contributed by atoms with Crippen LogP contribution in [0.15, 0.2) is 65.7 Å². The van der Waals surface area contributed by atoms with Gasteiger partial charge in [0.1, 0.15) is 0 Å². The lowest BCUT2D eigenvalue weighted by Crippen LogP contribution is -2.23. The highest BCUT2D eigenvalue weighted by Crippen LogP contribution is 2.37. The van der Waals surface area contributed by atoms with Crippen LogP contribution in [0.5, 0.6) is 5.75 Å². The molecule has 27 heavy (non-hydrogen) atoms. The minimum Gasteiger partial charge on any atom is -0.490 e. The molecule has 0 fully saturated rings. The van der Waals surface area contributed by atoms with E-state index in [4.69, 9.17) is 15.4 Å². The van der Waals surface area contributed by atoms with Gasteiger partial charge in [-0.2, -0.15) is 0 Å². The Morgan fingerprint density at radius 2 is 1.48 bits per heavy atom. The van der Waals surface area contributed by atoms with Gasteiger partial charge >= 0.3 is 0 Å². The molecule has 0 radical (unpaired) electrons. The van der Waals surface area contributed by atoms with E-state index in [1.165, 1.54) is 18.8 Å². The Morgan fingerprint density at radius 1 is 1.00 bits per heavy atom. The van der Waals surface area contributed by atoms with Crippen LogP contribution in [-0.2, 0) is 29.2 Å². The highest BCUT2D eigenvalue weighted by Gasteiger charge is 2.29. The molecule has 6 nitrogen and oxygen atoms in total. The van der Waals surface area contributed by atoms with Crippen LogP contribution < -0.4 is 9.64 Å². The third-order valence-electron chi connectivity index (χ3n) is 4.10. The second-order valence-corrected chi connectivity index (χ2v) is 8.53. The third-order valence-corrected chi connectivity index (χ3v) is 5.45. The summed E-state index contributed by atoms with van der Waals surface area (Å²) in [6.07, 6.45) is 0. The summed E-state index contributed by atoms with van der Waals surface area (Å²) in [6, 6.07) is 19.8. The zero-order chi connectivity index (χ0) is 19.4. The maximum absolute atomic E-state index is 12.0. The molecule has 3 aromatic rings. The van der Waals surface area contributed by atoms with Crippen LogP contribution in [-0.4, -0.2) is 25.3 Å². The predicted molar refractivity (Wildman–Crippen MR) is 106 cm³/mol. The quantitative estimate of drug-likeness (QED) is 0.562. The SMILES string of the molecule is COc1c(N(Cc2ccccc2)Cc2ccccc2)nn(C)c1S(=O)(=O)Cl. The maximum atomic E-state index is 12.0. The van der Waals surface area contributed by atoms with E-state index in [0.717, 1.165) is 11.1 Å². The lowest BCUT2D eigenvalue weighted by Gasteiger charge is -2.23. The fourth-order valence-electron chi connectivity index (χ4n) is 2.94. The Labute approximate surface area is 163 Å². The first-order valence-corrected chi connectivity index (χ1v) is 10.6. The van der Waals surface area contributed by atoms with Crippen molar-refractivity contribution in [2.24, 2.45) is 7.05 Å². The molecule has 0 bridgehead atoms. The monoisotopic (exact) mass is 405 g/mol. The number of ether oxygens (including phenoxy) is 1. The molecule has 0 saturated carbocycles. The first-order valence-electron chi connectivity index (χ1n) is 8.28. The van der Waals surface area contributed by atoms with Crippen LogP contribution in [0.1, 0.15) is 11.1 Å². The third kappa shape index (κ3) is 4.43. The lowest BCUT2D eigenvalue weighted by atomic mass is 10.1. The van der Waals surface area contributed by atoms with Crippen LogP contribution in [0.4, 0.5) is 5.82 Å².